The van der Waals surface area contributed by atoms with Crippen molar-refractivity contribution in [1.82, 2.24) is 0 Å². The van der Waals surface area contributed by atoms with Crippen LogP contribution in [-0.4, -0.2) is 45.2 Å². The summed E-state index contributed by atoms with van der Waals surface area (Å²) in [6.45, 7) is 4.18. The first-order chi connectivity index (χ1) is 20.0. The summed E-state index contributed by atoms with van der Waals surface area (Å²) in [4.78, 5) is 10.3. The number of aliphatic hydroxyl groups excluding tert-OH is 3. The first-order valence-electron chi connectivity index (χ1n) is 18.2. The van der Waals surface area contributed by atoms with Crippen molar-refractivity contribution in [2.75, 3.05) is 6.61 Å². The number of carboxylic acid groups (broad SMARTS) is 1. The number of aliphatic hydroxyl groups is 3. The van der Waals surface area contributed by atoms with Crippen molar-refractivity contribution in [3.63, 3.8) is 0 Å². The van der Waals surface area contributed by atoms with Crippen LogP contribution in [-0.2, 0) is 4.79 Å². The fourth-order valence-electron chi connectivity index (χ4n) is 5.33. The second-order valence-corrected chi connectivity index (χ2v) is 12.4. The van der Waals surface area contributed by atoms with Crippen molar-refractivity contribution >= 4 is 5.97 Å². The van der Waals surface area contributed by atoms with Gasteiger partial charge in [0.25, 0.3) is 0 Å². The van der Waals surface area contributed by atoms with E-state index < -0.39 is 18.2 Å². The van der Waals surface area contributed by atoms with Crippen LogP contribution in [0, 0.1) is 0 Å². The zero-order chi connectivity index (χ0) is 30.7. The van der Waals surface area contributed by atoms with Gasteiger partial charge >= 0.3 is 5.97 Å². The molecule has 5 nitrogen and oxygen atoms in total. The Morgan fingerprint density at radius 1 is 0.439 bits per heavy atom. The summed E-state index contributed by atoms with van der Waals surface area (Å²) in [5.41, 5.74) is 0. The van der Waals surface area contributed by atoms with E-state index in [1.807, 2.05) is 0 Å². The van der Waals surface area contributed by atoms with Crippen LogP contribution in [0.4, 0.5) is 0 Å². The van der Waals surface area contributed by atoms with Gasteiger partial charge in [0.15, 0.2) is 0 Å². The van der Waals surface area contributed by atoms with Crippen molar-refractivity contribution in [2.24, 2.45) is 0 Å². The topological polar surface area (TPSA) is 98.0 Å². The Morgan fingerprint density at radius 3 is 0.976 bits per heavy atom. The van der Waals surface area contributed by atoms with E-state index in [0.717, 1.165) is 25.7 Å². The fourth-order valence-corrected chi connectivity index (χ4v) is 5.33. The molecule has 41 heavy (non-hydrogen) atoms. The summed E-state index contributed by atoms with van der Waals surface area (Å²) < 4.78 is 0. The lowest BCUT2D eigenvalue weighted by atomic mass is 10.0. The van der Waals surface area contributed by atoms with Crippen LogP contribution in [0.5, 0.6) is 0 Å². The molecule has 5 heteroatoms. The standard InChI is InChI=1S/C19H40O3.C17H34O2/c1-2-3-4-5-6-7-8-9-10-11-12-13-14-15-16-18(21)19(22)17-20;1-2-3-4-5-6-7-8-9-10-11-12-13-14-15-16-17(18)19/h18-22H,2-17H2,1H3;2-16H2,1H3,(H,18,19). The number of hydrogen-bond donors (Lipinski definition) is 4. The summed E-state index contributed by atoms with van der Waals surface area (Å²) in [5, 5.41) is 35.9. The van der Waals surface area contributed by atoms with Crippen LogP contribution < -0.4 is 0 Å². The smallest absolute Gasteiger partial charge is 0.303 e. The van der Waals surface area contributed by atoms with E-state index in [4.69, 9.17) is 10.2 Å². The lowest BCUT2D eigenvalue weighted by Gasteiger charge is -2.14. The minimum Gasteiger partial charge on any atom is -0.481 e. The van der Waals surface area contributed by atoms with Gasteiger partial charge in [-0.1, -0.05) is 187 Å². The molecule has 0 aromatic carbocycles. The Kier molecular flexibility index (Phi) is 38.7. The molecule has 248 valence electrons. The van der Waals surface area contributed by atoms with Gasteiger partial charge in [0.05, 0.1) is 12.7 Å². The number of unbranched alkanes of at least 4 members (excludes halogenated alkanes) is 26. The van der Waals surface area contributed by atoms with Gasteiger partial charge in [0.1, 0.15) is 6.10 Å². The van der Waals surface area contributed by atoms with Crippen molar-refractivity contribution in [3.8, 4) is 0 Å². The highest BCUT2D eigenvalue weighted by atomic mass is 16.4. The lowest BCUT2D eigenvalue weighted by molar-refractivity contribution is -0.137. The highest BCUT2D eigenvalue weighted by Gasteiger charge is 2.13. The maximum atomic E-state index is 10.3. The molecule has 2 unspecified atom stereocenters. The van der Waals surface area contributed by atoms with Crippen molar-refractivity contribution in [1.29, 1.82) is 0 Å². The summed E-state index contributed by atoms with van der Waals surface area (Å²) in [6.07, 6.45) is 36.0. The molecule has 0 spiro atoms. The molecule has 0 radical (unpaired) electrons. The third kappa shape index (κ3) is 39.4. The van der Waals surface area contributed by atoms with Gasteiger partial charge in [-0.05, 0) is 12.8 Å². The Hall–Kier alpha value is -0.650. The third-order valence-electron chi connectivity index (χ3n) is 8.23. The second-order valence-electron chi connectivity index (χ2n) is 12.4. The first-order valence-corrected chi connectivity index (χ1v) is 18.2. The first kappa shape index (κ1) is 42.5. The predicted molar refractivity (Wildman–Crippen MR) is 177 cm³/mol. The molecule has 0 saturated carbocycles. The zero-order valence-electron chi connectivity index (χ0n) is 27.8. The van der Waals surface area contributed by atoms with Gasteiger partial charge in [-0.2, -0.15) is 0 Å². The molecule has 0 aliphatic rings. The quantitative estimate of drug-likeness (QED) is 0.0588. The van der Waals surface area contributed by atoms with E-state index in [-0.39, 0.29) is 6.61 Å². The third-order valence-corrected chi connectivity index (χ3v) is 8.23. The normalized spacial score (nSPS) is 12.6. The molecule has 0 bridgehead atoms. The maximum absolute atomic E-state index is 10.3. The number of carboxylic acids is 1. The van der Waals surface area contributed by atoms with Gasteiger partial charge in [0, 0.05) is 6.42 Å². The lowest BCUT2D eigenvalue weighted by Crippen LogP contribution is -2.28. The fraction of sp³-hybridized carbons (Fsp3) is 0.972. The summed E-state index contributed by atoms with van der Waals surface area (Å²) >= 11 is 0. The van der Waals surface area contributed by atoms with Crippen LogP contribution in [0.2, 0.25) is 0 Å². The monoisotopic (exact) mass is 587 g/mol. The van der Waals surface area contributed by atoms with Crippen LogP contribution in [0.1, 0.15) is 206 Å². The molecule has 0 saturated heterocycles. The molecular formula is C36H74O5. The highest BCUT2D eigenvalue weighted by molar-refractivity contribution is 5.66. The SMILES string of the molecule is CCCCCCCCCCCCCCCCC(=O)O.CCCCCCCCCCCCCCCCC(O)C(O)CO. The Bertz CT molecular complexity index is 485. The predicted octanol–water partition coefficient (Wildman–Crippen LogP) is 10.5. The Balaban J connectivity index is 0. The van der Waals surface area contributed by atoms with Gasteiger partial charge < -0.3 is 20.4 Å². The van der Waals surface area contributed by atoms with Crippen LogP contribution in [0.15, 0.2) is 0 Å². The van der Waals surface area contributed by atoms with Crippen molar-refractivity contribution in [2.45, 2.75) is 219 Å². The van der Waals surface area contributed by atoms with Gasteiger partial charge in [-0.25, -0.2) is 0 Å². The molecule has 4 N–H and O–H groups in total. The van der Waals surface area contributed by atoms with Crippen molar-refractivity contribution in [3.05, 3.63) is 0 Å². The summed E-state index contributed by atoms with van der Waals surface area (Å²) in [7, 11) is 0. The molecule has 0 rings (SSSR count). The highest BCUT2D eigenvalue weighted by Crippen LogP contribution is 2.15. The number of carbonyl (C=O) groups is 1. The van der Waals surface area contributed by atoms with Crippen LogP contribution in [0.3, 0.4) is 0 Å². The molecule has 0 aromatic rings. The van der Waals surface area contributed by atoms with Crippen LogP contribution >= 0.6 is 0 Å². The molecule has 2 atom stereocenters. The summed E-state index contributed by atoms with van der Waals surface area (Å²) in [5.74, 6) is -0.654. The molecular weight excluding hydrogens is 512 g/mol. The van der Waals surface area contributed by atoms with Gasteiger partial charge in [-0.15, -0.1) is 0 Å². The van der Waals surface area contributed by atoms with E-state index in [2.05, 4.69) is 13.8 Å². The molecule has 0 fully saturated rings. The average molecular weight is 587 g/mol. The van der Waals surface area contributed by atoms with E-state index >= 15 is 0 Å². The molecule has 0 heterocycles. The van der Waals surface area contributed by atoms with E-state index in [9.17, 15) is 15.0 Å². The van der Waals surface area contributed by atoms with E-state index in [1.54, 1.807) is 0 Å². The van der Waals surface area contributed by atoms with E-state index in [0.29, 0.717) is 12.8 Å². The van der Waals surface area contributed by atoms with Gasteiger partial charge in [-0.3, -0.25) is 4.79 Å². The average Bonchev–Trinajstić information content (AvgIpc) is 2.97. The molecule has 0 aliphatic carbocycles. The van der Waals surface area contributed by atoms with Gasteiger partial charge in [0.2, 0.25) is 0 Å². The largest absolute Gasteiger partial charge is 0.481 e. The zero-order valence-corrected chi connectivity index (χ0v) is 27.8. The summed E-state index contributed by atoms with van der Waals surface area (Å²) in [6, 6.07) is 0. The minimum absolute atomic E-state index is 0.345. The molecule has 0 amide bonds. The van der Waals surface area contributed by atoms with E-state index in [1.165, 1.54) is 154 Å². The minimum atomic E-state index is -0.970. The van der Waals surface area contributed by atoms with Crippen molar-refractivity contribution < 1.29 is 25.2 Å². The Morgan fingerprint density at radius 2 is 0.707 bits per heavy atom. The van der Waals surface area contributed by atoms with Crippen LogP contribution in [0.25, 0.3) is 0 Å². The molecule has 0 aromatic heterocycles. The Labute approximate surface area is 256 Å². The maximum Gasteiger partial charge on any atom is 0.303 e. The molecule has 0 aliphatic heterocycles. The number of aliphatic carboxylic acids is 1. The number of rotatable bonds is 32. The second kappa shape index (κ2) is 37.4. The number of hydrogen-bond acceptors (Lipinski definition) is 4.